The molecule has 3 heteroatoms. The second kappa shape index (κ2) is 10.5. The van der Waals surface area contributed by atoms with Crippen LogP contribution in [0.2, 0.25) is 0 Å². The van der Waals surface area contributed by atoms with Crippen molar-refractivity contribution >= 4 is 5.91 Å². The van der Waals surface area contributed by atoms with Crippen molar-refractivity contribution in [3.05, 3.63) is 59.2 Å². The fourth-order valence-corrected chi connectivity index (χ4v) is 7.19. The highest BCUT2D eigenvalue weighted by Gasteiger charge is 2.58. The van der Waals surface area contributed by atoms with Crippen LogP contribution in [0.15, 0.2) is 53.6 Å². The number of amides is 1. The lowest BCUT2D eigenvalue weighted by Crippen LogP contribution is -2.50. The predicted molar refractivity (Wildman–Crippen MR) is 151 cm³/mol. The fraction of sp³-hybridized carbons (Fsp3) is 0.667. The Bertz CT molecular complexity index is 990. The highest BCUT2D eigenvalue weighted by atomic mass is 16.3. The number of benzene rings is 1. The van der Waals surface area contributed by atoms with Crippen LogP contribution in [0.3, 0.4) is 0 Å². The molecule has 5 atom stereocenters. The van der Waals surface area contributed by atoms with Gasteiger partial charge in [0.05, 0.1) is 6.10 Å². The molecule has 0 saturated heterocycles. The Hall–Kier alpha value is -1.87. The van der Waals surface area contributed by atoms with Crippen molar-refractivity contribution in [2.45, 2.75) is 107 Å². The number of fused-ring (bicyclic) bond motifs is 2. The Labute approximate surface area is 221 Å². The summed E-state index contributed by atoms with van der Waals surface area (Å²) in [5.74, 6) is 0.543. The molecule has 36 heavy (non-hydrogen) atoms. The highest BCUT2D eigenvalue weighted by Crippen LogP contribution is 2.64. The minimum absolute atomic E-state index is 0.0573. The van der Waals surface area contributed by atoms with E-state index in [1.54, 1.807) is 0 Å². The van der Waals surface area contributed by atoms with Crippen molar-refractivity contribution in [2.24, 2.45) is 27.6 Å². The molecule has 200 valence electrons. The van der Waals surface area contributed by atoms with E-state index in [0.29, 0.717) is 12.5 Å². The zero-order valence-electron chi connectivity index (χ0n) is 24.4. The summed E-state index contributed by atoms with van der Waals surface area (Å²) in [4.78, 5) is 15.4. The molecule has 0 radical (unpaired) electrons. The first-order valence-electron chi connectivity index (χ1n) is 14.1. The number of hydrogen-bond acceptors (Lipinski definition) is 2. The molecule has 1 amide bonds. The number of carbonyl (C=O) groups excluding carboxylic acids is 1. The molecule has 3 rings (SSSR count). The first kappa shape index (κ1) is 28.7. The summed E-state index contributed by atoms with van der Waals surface area (Å²) in [6.45, 7) is 18.6. The molecule has 0 spiro atoms. The van der Waals surface area contributed by atoms with Gasteiger partial charge in [-0.1, -0.05) is 95.2 Å². The zero-order chi connectivity index (χ0) is 26.9. The molecule has 1 unspecified atom stereocenters. The Balaban J connectivity index is 1.83. The van der Waals surface area contributed by atoms with Gasteiger partial charge in [0.15, 0.2) is 0 Å². The lowest BCUT2D eigenvalue weighted by atomic mass is 9.52. The molecular weight excluding hydrogens is 442 g/mol. The van der Waals surface area contributed by atoms with Gasteiger partial charge in [0, 0.05) is 24.4 Å². The van der Waals surface area contributed by atoms with E-state index in [1.165, 1.54) is 11.1 Å². The average molecular weight is 494 g/mol. The third kappa shape index (κ3) is 5.23. The minimum Gasteiger partial charge on any atom is -0.393 e. The predicted octanol–water partition coefficient (Wildman–Crippen LogP) is 7.95. The smallest absolute Gasteiger partial charge is 0.228 e. The molecule has 2 aliphatic carbocycles. The van der Waals surface area contributed by atoms with Gasteiger partial charge in [-0.15, -0.1) is 0 Å². The molecule has 0 heterocycles. The summed E-state index contributed by atoms with van der Waals surface area (Å²) < 4.78 is 0. The SMILES string of the molecule is CCC1=CC=C(C)[C@@]2(C)CC[C@@](C)(CCC(C)(C)C(=O)N(C)Cc3ccccc3)CC1[C@@]2(C)[C@H](C)O. The number of carbonyl (C=O) groups is 1. The van der Waals surface area contributed by atoms with E-state index in [2.05, 4.69) is 72.8 Å². The zero-order valence-corrected chi connectivity index (χ0v) is 24.4. The lowest BCUT2D eigenvalue weighted by molar-refractivity contribution is -0.140. The normalized spacial score (nSPS) is 31.6. The van der Waals surface area contributed by atoms with Crippen LogP contribution in [0.4, 0.5) is 0 Å². The molecule has 1 aromatic rings. The summed E-state index contributed by atoms with van der Waals surface area (Å²) in [5, 5.41) is 11.3. The maximum atomic E-state index is 13.5. The van der Waals surface area contributed by atoms with Crippen LogP contribution in [-0.2, 0) is 11.3 Å². The number of allylic oxidation sites excluding steroid dienone is 4. The van der Waals surface area contributed by atoms with Gasteiger partial charge >= 0.3 is 0 Å². The highest BCUT2D eigenvalue weighted by molar-refractivity contribution is 5.81. The lowest BCUT2D eigenvalue weighted by Gasteiger charge is -2.53. The van der Waals surface area contributed by atoms with Crippen molar-refractivity contribution in [1.29, 1.82) is 0 Å². The standard InChI is InChI=1S/C33H51NO2/c1-10-27-17-16-24(2)32(7)21-20-31(6,22-28(27)33(32,8)25(3)35)19-18-30(4,5)29(36)34(9)23-26-14-12-11-13-15-26/h11-17,25,28,35H,10,18-23H2,1-9H3/t25-,28?,31+,32+,33+/m0/s1. The fourth-order valence-electron chi connectivity index (χ4n) is 7.19. The summed E-state index contributed by atoms with van der Waals surface area (Å²) in [5.41, 5.74) is 3.45. The molecule has 3 nitrogen and oxygen atoms in total. The monoisotopic (exact) mass is 493 g/mol. The Morgan fingerprint density at radius 3 is 2.36 bits per heavy atom. The third-order valence-electron chi connectivity index (χ3n) is 10.5. The van der Waals surface area contributed by atoms with Gasteiger partial charge < -0.3 is 10.0 Å². The molecular formula is C33H51NO2. The maximum absolute atomic E-state index is 13.5. The molecule has 1 aromatic carbocycles. The molecule has 1 fully saturated rings. The van der Waals surface area contributed by atoms with Crippen LogP contribution in [0.5, 0.6) is 0 Å². The van der Waals surface area contributed by atoms with E-state index < -0.39 is 11.5 Å². The van der Waals surface area contributed by atoms with E-state index in [9.17, 15) is 9.90 Å². The second-order valence-corrected chi connectivity index (χ2v) is 13.3. The van der Waals surface area contributed by atoms with Gasteiger partial charge in [-0.3, -0.25) is 4.79 Å². The molecule has 1 saturated carbocycles. The Kier molecular flexibility index (Phi) is 8.35. The van der Waals surface area contributed by atoms with Crippen LogP contribution in [-0.4, -0.2) is 29.1 Å². The summed E-state index contributed by atoms with van der Waals surface area (Å²) in [6.07, 6.45) is 10.4. The Morgan fingerprint density at radius 1 is 1.14 bits per heavy atom. The topological polar surface area (TPSA) is 40.5 Å². The second-order valence-electron chi connectivity index (χ2n) is 13.3. The first-order chi connectivity index (χ1) is 16.7. The van der Waals surface area contributed by atoms with Crippen LogP contribution in [0.25, 0.3) is 0 Å². The average Bonchev–Trinajstić information content (AvgIpc) is 2.98. The third-order valence-corrected chi connectivity index (χ3v) is 10.5. The van der Waals surface area contributed by atoms with Crippen LogP contribution in [0.1, 0.15) is 99.5 Å². The largest absolute Gasteiger partial charge is 0.393 e. The van der Waals surface area contributed by atoms with E-state index in [-0.39, 0.29) is 22.2 Å². The van der Waals surface area contributed by atoms with Gasteiger partial charge in [-0.25, -0.2) is 0 Å². The molecule has 0 aromatic heterocycles. The van der Waals surface area contributed by atoms with E-state index in [4.69, 9.17) is 0 Å². The summed E-state index contributed by atoms with van der Waals surface area (Å²) in [6, 6.07) is 10.2. The number of nitrogens with zero attached hydrogens (tertiary/aromatic N) is 1. The van der Waals surface area contributed by atoms with Crippen LogP contribution >= 0.6 is 0 Å². The van der Waals surface area contributed by atoms with E-state index >= 15 is 0 Å². The quantitative estimate of drug-likeness (QED) is 0.399. The summed E-state index contributed by atoms with van der Waals surface area (Å²) >= 11 is 0. The van der Waals surface area contributed by atoms with Crippen molar-refractivity contribution in [3.63, 3.8) is 0 Å². The first-order valence-corrected chi connectivity index (χ1v) is 14.1. The molecule has 0 aliphatic heterocycles. The van der Waals surface area contributed by atoms with Gasteiger partial charge in [-0.2, -0.15) is 0 Å². The van der Waals surface area contributed by atoms with Crippen molar-refractivity contribution in [3.8, 4) is 0 Å². The molecule has 2 bridgehead atoms. The maximum Gasteiger partial charge on any atom is 0.228 e. The number of aliphatic hydroxyl groups is 1. The van der Waals surface area contributed by atoms with Crippen LogP contribution in [0, 0.1) is 27.6 Å². The number of rotatable bonds is 8. The van der Waals surface area contributed by atoms with Gasteiger partial charge in [-0.05, 0) is 74.7 Å². The van der Waals surface area contributed by atoms with Crippen LogP contribution < -0.4 is 0 Å². The molecule has 1 N–H and O–H groups in total. The van der Waals surface area contributed by atoms with Crippen molar-refractivity contribution in [2.75, 3.05) is 7.05 Å². The van der Waals surface area contributed by atoms with E-state index in [1.807, 2.05) is 37.1 Å². The summed E-state index contributed by atoms with van der Waals surface area (Å²) in [7, 11) is 1.93. The van der Waals surface area contributed by atoms with Crippen molar-refractivity contribution in [1.82, 2.24) is 4.90 Å². The molecule has 2 aliphatic rings. The van der Waals surface area contributed by atoms with E-state index in [0.717, 1.165) is 44.1 Å². The number of hydrogen-bond donors (Lipinski definition) is 1. The van der Waals surface area contributed by atoms with Crippen molar-refractivity contribution < 1.29 is 9.90 Å². The van der Waals surface area contributed by atoms with Gasteiger partial charge in [0.2, 0.25) is 5.91 Å². The van der Waals surface area contributed by atoms with Gasteiger partial charge in [0.25, 0.3) is 0 Å². The Morgan fingerprint density at radius 2 is 1.78 bits per heavy atom. The number of aliphatic hydroxyl groups excluding tert-OH is 1. The van der Waals surface area contributed by atoms with Gasteiger partial charge in [0.1, 0.15) is 0 Å². The minimum atomic E-state index is -0.415.